The number of benzene rings is 3. The molecule has 0 amide bonds. The van der Waals surface area contributed by atoms with Gasteiger partial charge in [-0.3, -0.25) is 5.41 Å². The fraction of sp³-hybridized carbons (Fsp3) is 0.294. The first-order valence-electron chi connectivity index (χ1n) is 14.9. The summed E-state index contributed by atoms with van der Waals surface area (Å²) in [5, 5.41) is 23.1. The maximum Gasteiger partial charge on any atom is 0.490 e. The number of nitrogens with two attached hydrogens (primary N) is 1. The van der Waals surface area contributed by atoms with E-state index in [0.717, 1.165) is 27.7 Å². The quantitative estimate of drug-likeness (QED) is 0.0760. The van der Waals surface area contributed by atoms with Crippen LogP contribution in [0.2, 0.25) is 0 Å². The first-order chi connectivity index (χ1) is 23.6. The fourth-order valence-corrected chi connectivity index (χ4v) is 4.31. The van der Waals surface area contributed by atoms with Crippen molar-refractivity contribution in [2.24, 2.45) is 5.73 Å². The van der Waals surface area contributed by atoms with Crippen molar-refractivity contribution >= 4 is 40.2 Å². The number of nitrogens with one attached hydrogen (secondary N) is 1. The molecule has 3 aromatic carbocycles. The largest absolute Gasteiger partial charge is 0.494 e. The summed E-state index contributed by atoms with van der Waals surface area (Å²) in [4.78, 5) is 24.7. The Morgan fingerprint density at radius 3 is 1.94 bits per heavy atom. The lowest BCUT2D eigenvalue weighted by molar-refractivity contribution is -0.193. The minimum absolute atomic E-state index is 0.0145. The Balaban J connectivity index is 0.000000543. The molecule has 0 aliphatic heterocycles. The zero-order valence-electron chi connectivity index (χ0n) is 27.9. The Bertz CT molecular complexity index is 1820. The Morgan fingerprint density at radius 1 is 0.922 bits per heavy atom. The minimum atomic E-state index is -5.08. The molecule has 1 heterocycles. The molecule has 0 saturated heterocycles. The molecule has 0 aliphatic carbocycles. The van der Waals surface area contributed by atoms with E-state index in [1.165, 1.54) is 0 Å². The third-order valence-corrected chi connectivity index (χ3v) is 6.58. The molecule has 0 aliphatic rings. The van der Waals surface area contributed by atoms with Gasteiger partial charge in [-0.2, -0.15) is 26.3 Å². The average molecular weight is 729 g/mol. The van der Waals surface area contributed by atoms with Crippen molar-refractivity contribution in [1.82, 2.24) is 4.98 Å². The number of fused-ring (bicyclic) bond motifs is 1. The Hall–Kier alpha value is -5.61. The van der Waals surface area contributed by atoms with Gasteiger partial charge in [0.25, 0.3) is 0 Å². The third-order valence-electron chi connectivity index (χ3n) is 6.58. The lowest BCUT2D eigenvalue weighted by Crippen LogP contribution is -2.21. The summed E-state index contributed by atoms with van der Waals surface area (Å²) in [7, 11) is 0. The first-order valence-corrected chi connectivity index (χ1v) is 14.9. The topological polar surface area (TPSA) is 159 Å². The van der Waals surface area contributed by atoms with Crippen LogP contribution in [0.5, 0.6) is 11.5 Å². The number of carboxylic acids is 2. The molecule has 0 saturated carbocycles. The van der Waals surface area contributed by atoms with E-state index in [1.54, 1.807) is 24.3 Å². The van der Waals surface area contributed by atoms with Crippen LogP contribution in [0.15, 0.2) is 60.7 Å². The second-order valence-electron chi connectivity index (χ2n) is 10.9. The SMILES string of the molecule is CCOc1cc(CN(c2ccc(C(=N)N)cc2)c2cc(C)c3cccc(C)c3n2)c(F)c(OC(C)C)c1.O=C(O)C(F)(F)F.O=C(O)C(F)(F)F. The number of halogens is 7. The van der Waals surface area contributed by atoms with Crippen LogP contribution in [0.4, 0.5) is 42.2 Å². The summed E-state index contributed by atoms with van der Waals surface area (Å²) in [5.74, 6) is -4.58. The molecule has 51 heavy (non-hydrogen) atoms. The fourth-order valence-electron chi connectivity index (χ4n) is 4.31. The van der Waals surface area contributed by atoms with Crippen molar-refractivity contribution in [1.29, 1.82) is 5.41 Å². The van der Waals surface area contributed by atoms with Crippen molar-refractivity contribution in [2.75, 3.05) is 11.5 Å². The van der Waals surface area contributed by atoms with Gasteiger partial charge < -0.3 is 30.3 Å². The zero-order valence-corrected chi connectivity index (χ0v) is 27.9. The smallest absolute Gasteiger partial charge is 0.490 e. The van der Waals surface area contributed by atoms with Gasteiger partial charge in [0, 0.05) is 28.3 Å². The molecule has 0 bridgehead atoms. The second-order valence-corrected chi connectivity index (χ2v) is 10.9. The summed E-state index contributed by atoms with van der Waals surface area (Å²) in [6, 6.07) is 18.7. The van der Waals surface area contributed by atoms with Crippen molar-refractivity contribution in [2.45, 2.75) is 59.6 Å². The van der Waals surface area contributed by atoms with Crippen molar-refractivity contribution in [3.05, 3.63) is 88.7 Å². The summed E-state index contributed by atoms with van der Waals surface area (Å²) >= 11 is 0. The van der Waals surface area contributed by atoms with Gasteiger partial charge in [-0.1, -0.05) is 18.2 Å². The average Bonchev–Trinajstić information content (AvgIpc) is 3.02. The number of carbonyl (C=O) groups is 2. The van der Waals surface area contributed by atoms with Gasteiger partial charge in [0.05, 0.1) is 24.8 Å². The molecule has 17 heteroatoms. The summed E-state index contributed by atoms with van der Waals surface area (Å²) in [6.45, 7) is 10.3. The van der Waals surface area contributed by atoms with Gasteiger partial charge in [0.2, 0.25) is 0 Å². The standard InChI is InChI=1S/C30H33FN4O2.2C2HF3O2/c1-6-36-24-15-22(28(31)26(16-24)37-18(2)3)17-35(23-12-10-21(11-13-23)30(32)33)27-14-20(5)25-9-7-8-19(4)29(25)34-27;2*3-2(4,5)1(6)7/h7-16,18H,6,17H2,1-5H3,(H3,32,33);2*(H,6,7). The van der Waals surface area contributed by atoms with Crippen LogP contribution < -0.4 is 20.1 Å². The second kappa shape index (κ2) is 17.4. The van der Waals surface area contributed by atoms with Crippen LogP contribution in [-0.4, -0.2) is 58.0 Å². The monoisotopic (exact) mass is 728 g/mol. The van der Waals surface area contributed by atoms with Gasteiger partial charge in [-0.05, 0) is 82.1 Å². The maximum absolute atomic E-state index is 15.7. The Morgan fingerprint density at radius 2 is 1.47 bits per heavy atom. The first kappa shape index (κ1) is 41.6. The highest BCUT2D eigenvalue weighted by molar-refractivity contribution is 5.95. The summed E-state index contributed by atoms with van der Waals surface area (Å²) in [6.07, 6.45) is -10.4. The molecule has 0 radical (unpaired) electrons. The number of ether oxygens (including phenoxy) is 2. The van der Waals surface area contributed by atoms with E-state index in [1.807, 2.05) is 62.9 Å². The predicted molar refractivity (Wildman–Crippen MR) is 175 cm³/mol. The van der Waals surface area contributed by atoms with Crippen molar-refractivity contribution in [3.8, 4) is 11.5 Å². The number of amidine groups is 1. The number of hydrogen-bond acceptors (Lipinski definition) is 7. The molecule has 0 atom stereocenters. The molecule has 5 N–H and O–H groups in total. The number of hydrogen-bond donors (Lipinski definition) is 4. The van der Waals surface area contributed by atoms with Gasteiger partial charge in [-0.25, -0.2) is 19.0 Å². The molecular formula is C34H35F7N4O6. The highest BCUT2D eigenvalue weighted by Gasteiger charge is 2.38. The molecule has 4 aromatic rings. The van der Waals surface area contributed by atoms with Crippen molar-refractivity contribution < 1.29 is 60.0 Å². The van der Waals surface area contributed by atoms with E-state index in [-0.39, 0.29) is 24.2 Å². The lowest BCUT2D eigenvalue weighted by atomic mass is 10.1. The third kappa shape index (κ3) is 12.0. The minimum Gasteiger partial charge on any atom is -0.494 e. The van der Waals surface area contributed by atoms with E-state index >= 15 is 4.39 Å². The molecule has 10 nitrogen and oxygen atoms in total. The number of nitrogens with zero attached hydrogens (tertiary/aromatic N) is 2. The molecule has 4 rings (SSSR count). The van der Waals surface area contributed by atoms with Crippen LogP contribution in [-0.2, 0) is 16.1 Å². The highest BCUT2D eigenvalue weighted by atomic mass is 19.4. The molecular weight excluding hydrogens is 693 g/mol. The number of aromatic nitrogens is 1. The van der Waals surface area contributed by atoms with Gasteiger partial charge in [0.1, 0.15) is 17.4 Å². The van der Waals surface area contributed by atoms with Crippen LogP contribution in [0.1, 0.15) is 43.0 Å². The van der Waals surface area contributed by atoms with E-state index < -0.39 is 30.1 Å². The molecule has 0 unspecified atom stereocenters. The van der Waals surface area contributed by atoms with Gasteiger partial charge in [0.15, 0.2) is 11.6 Å². The zero-order chi connectivity index (χ0) is 38.8. The summed E-state index contributed by atoms with van der Waals surface area (Å²) < 4.78 is 90.7. The number of alkyl halides is 6. The number of anilines is 2. The molecule has 0 spiro atoms. The van der Waals surface area contributed by atoms with Crippen LogP contribution >= 0.6 is 0 Å². The summed E-state index contributed by atoms with van der Waals surface area (Å²) in [5.41, 5.74) is 10.5. The van der Waals surface area contributed by atoms with Gasteiger partial charge >= 0.3 is 24.3 Å². The predicted octanol–water partition coefficient (Wildman–Crippen LogP) is 8.07. The molecule has 276 valence electrons. The van der Waals surface area contributed by atoms with E-state index in [0.29, 0.717) is 29.3 Å². The number of pyridine rings is 1. The van der Waals surface area contributed by atoms with E-state index in [2.05, 4.69) is 13.0 Å². The normalized spacial score (nSPS) is 11.2. The maximum atomic E-state index is 15.7. The van der Waals surface area contributed by atoms with Crippen LogP contribution in [0.25, 0.3) is 10.9 Å². The Kier molecular flexibility index (Phi) is 14.1. The molecule has 1 aromatic heterocycles. The van der Waals surface area contributed by atoms with E-state index in [9.17, 15) is 26.3 Å². The number of aliphatic carboxylic acids is 2. The number of para-hydroxylation sites is 1. The van der Waals surface area contributed by atoms with Crippen LogP contribution in [0.3, 0.4) is 0 Å². The Labute approximate surface area is 287 Å². The van der Waals surface area contributed by atoms with Crippen LogP contribution in [0, 0.1) is 25.1 Å². The lowest BCUT2D eigenvalue weighted by Gasteiger charge is -2.26. The molecule has 0 fully saturated rings. The number of carboxylic acid groups (broad SMARTS) is 2. The number of rotatable bonds is 9. The number of nitrogen functional groups attached to an aromatic ring is 1. The van der Waals surface area contributed by atoms with E-state index in [4.69, 9.17) is 45.4 Å². The van der Waals surface area contributed by atoms with Crippen molar-refractivity contribution in [3.63, 3.8) is 0 Å². The highest BCUT2D eigenvalue weighted by Crippen LogP contribution is 2.35. The van der Waals surface area contributed by atoms with Gasteiger partial charge in [-0.15, -0.1) is 0 Å². The number of aryl methyl sites for hydroxylation is 2.